The Kier molecular flexibility index (Phi) is 56.9. The summed E-state index contributed by atoms with van der Waals surface area (Å²) in [5, 5.41) is 0. The van der Waals surface area contributed by atoms with Crippen molar-refractivity contribution >= 4 is 17.9 Å². The van der Waals surface area contributed by atoms with Crippen molar-refractivity contribution in [2.75, 3.05) is 13.2 Å². The zero-order valence-electron chi connectivity index (χ0n) is 47.4. The van der Waals surface area contributed by atoms with Crippen molar-refractivity contribution in [3.63, 3.8) is 0 Å². The van der Waals surface area contributed by atoms with Crippen LogP contribution in [0.3, 0.4) is 0 Å². The highest BCUT2D eigenvalue weighted by molar-refractivity contribution is 5.71. The van der Waals surface area contributed by atoms with Gasteiger partial charge in [-0.3, -0.25) is 14.4 Å². The Labute approximate surface area is 450 Å². The van der Waals surface area contributed by atoms with Crippen LogP contribution in [0, 0.1) is 0 Å². The number of unbranched alkanes of at least 4 members (excludes halogenated alkanes) is 22. The number of hydrogen-bond donors (Lipinski definition) is 0. The number of hydrogen-bond acceptors (Lipinski definition) is 6. The molecule has 1 unspecified atom stereocenters. The van der Waals surface area contributed by atoms with E-state index in [1.807, 2.05) is 12.2 Å². The average molecular weight is 1010 g/mol. The molecule has 0 aliphatic heterocycles. The molecule has 0 aromatic rings. The van der Waals surface area contributed by atoms with Crippen LogP contribution < -0.4 is 0 Å². The van der Waals surface area contributed by atoms with Gasteiger partial charge < -0.3 is 14.2 Å². The van der Waals surface area contributed by atoms with Crippen molar-refractivity contribution in [2.45, 2.75) is 271 Å². The lowest BCUT2D eigenvalue weighted by molar-refractivity contribution is -0.166. The molecular weight excluding hydrogens is 901 g/mol. The summed E-state index contributed by atoms with van der Waals surface area (Å²) in [6.07, 6.45) is 83.7. The van der Waals surface area contributed by atoms with E-state index in [-0.39, 0.29) is 31.6 Å². The number of esters is 3. The van der Waals surface area contributed by atoms with Crippen molar-refractivity contribution in [3.8, 4) is 0 Å². The third kappa shape index (κ3) is 58.6. The van der Waals surface area contributed by atoms with Gasteiger partial charge in [-0.1, -0.05) is 271 Å². The third-order valence-corrected chi connectivity index (χ3v) is 12.5. The second-order valence-electron chi connectivity index (χ2n) is 19.5. The van der Waals surface area contributed by atoms with Gasteiger partial charge in [-0.05, 0) is 96.3 Å². The van der Waals surface area contributed by atoms with Crippen molar-refractivity contribution < 1.29 is 28.6 Å². The zero-order valence-corrected chi connectivity index (χ0v) is 47.4. The van der Waals surface area contributed by atoms with Gasteiger partial charge in [0.2, 0.25) is 0 Å². The molecule has 0 aliphatic carbocycles. The third-order valence-electron chi connectivity index (χ3n) is 12.5. The van der Waals surface area contributed by atoms with E-state index in [1.165, 1.54) is 116 Å². The summed E-state index contributed by atoms with van der Waals surface area (Å²) in [5.74, 6) is -0.991. The molecule has 73 heavy (non-hydrogen) atoms. The molecule has 1 atom stereocenters. The van der Waals surface area contributed by atoms with E-state index >= 15 is 0 Å². The predicted octanol–water partition coefficient (Wildman–Crippen LogP) is 20.4. The number of carbonyl (C=O) groups excluding carboxylic acids is 3. The van der Waals surface area contributed by atoms with Crippen LogP contribution in [0.1, 0.15) is 265 Å². The van der Waals surface area contributed by atoms with Crippen LogP contribution in [0.5, 0.6) is 0 Å². The molecule has 0 fully saturated rings. The second-order valence-corrected chi connectivity index (χ2v) is 19.5. The molecule has 6 heteroatoms. The number of ether oxygens (including phenoxy) is 3. The smallest absolute Gasteiger partial charge is 0.306 e. The Morgan fingerprint density at radius 2 is 0.562 bits per heavy atom. The summed E-state index contributed by atoms with van der Waals surface area (Å²) < 4.78 is 16.8. The topological polar surface area (TPSA) is 78.9 Å². The minimum atomic E-state index is -0.816. The molecule has 0 aliphatic rings. The van der Waals surface area contributed by atoms with Gasteiger partial charge in [-0.15, -0.1) is 0 Å². The van der Waals surface area contributed by atoms with Crippen LogP contribution in [0.4, 0.5) is 0 Å². The number of carbonyl (C=O) groups is 3. The largest absolute Gasteiger partial charge is 0.462 e. The minimum Gasteiger partial charge on any atom is -0.462 e. The Bertz CT molecular complexity index is 1540. The van der Waals surface area contributed by atoms with Crippen LogP contribution in [0.2, 0.25) is 0 Å². The van der Waals surface area contributed by atoms with Gasteiger partial charge in [0.15, 0.2) is 6.10 Å². The molecule has 0 rings (SSSR count). The van der Waals surface area contributed by atoms with E-state index in [0.717, 1.165) is 103 Å². The van der Waals surface area contributed by atoms with E-state index in [1.54, 1.807) is 0 Å². The Morgan fingerprint density at radius 3 is 0.890 bits per heavy atom. The van der Waals surface area contributed by atoms with E-state index in [0.29, 0.717) is 19.3 Å². The maximum absolute atomic E-state index is 12.8. The molecule has 0 aromatic carbocycles. The molecule has 0 saturated carbocycles. The second kappa shape index (κ2) is 60.4. The van der Waals surface area contributed by atoms with Gasteiger partial charge in [0.05, 0.1) is 0 Å². The first-order chi connectivity index (χ1) is 36.0. The SMILES string of the molecule is CC/C=C\C/C=C\C/C=C\C/C=C\C/C=C\C/C=C\CCCCCCCCCCCCCCC(=O)OCC(COC(=O)CCCCCCCCCCCCC)OC(=O)CC/C=C\C/C=C\C/C=C\C/C=C\CC. The average Bonchev–Trinajstić information content (AvgIpc) is 3.39. The van der Waals surface area contributed by atoms with Gasteiger partial charge in [-0.25, -0.2) is 0 Å². The summed E-state index contributed by atoms with van der Waals surface area (Å²) in [6, 6.07) is 0. The Morgan fingerprint density at radius 1 is 0.288 bits per heavy atom. The van der Waals surface area contributed by atoms with Gasteiger partial charge in [0, 0.05) is 19.3 Å². The van der Waals surface area contributed by atoms with E-state index in [2.05, 4.69) is 130 Å². The van der Waals surface area contributed by atoms with Crippen LogP contribution in [-0.4, -0.2) is 37.2 Å². The molecule has 0 aromatic heterocycles. The van der Waals surface area contributed by atoms with Crippen LogP contribution >= 0.6 is 0 Å². The Hall–Kier alpha value is -4.19. The maximum Gasteiger partial charge on any atom is 0.306 e. The monoisotopic (exact) mass is 1010 g/mol. The highest BCUT2D eigenvalue weighted by Crippen LogP contribution is 2.15. The fourth-order valence-corrected chi connectivity index (χ4v) is 8.05. The summed E-state index contributed by atoms with van der Waals surface area (Å²) in [4.78, 5) is 38.0. The molecule has 0 amide bonds. The van der Waals surface area contributed by atoms with Crippen molar-refractivity contribution in [2.24, 2.45) is 0 Å². The number of allylic oxidation sites excluding steroid dienone is 20. The summed E-state index contributed by atoms with van der Waals surface area (Å²) in [5.41, 5.74) is 0. The summed E-state index contributed by atoms with van der Waals surface area (Å²) >= 11 is 0. The van der Waals surface area contributed by atoms with Crippen molar-refractivity contribution in [1.82, 2.24) is 0 Å². The molecule has 0 saturated heterocycles. The molecule has 0 spiro atoms. The summed E-state index contributed by atoms with van der Waals surface area (Å²) in [6.45, 7) is 6.34. The molecule has 0 bridgehead atoms. The van der Waals surface area contributed by atoms with Crippen LogP contribution in [-0.2, 0) is 28.6 Å². The Balaban J connectivity index is 4.22. The quantitative estimate of drug-likeness (QED) is 0.0261. The van der Waals surface area contributed by atoms with Crippen LogP contribution in [0.15, 0.2) is 122 Å². The first kappa shape index (κ1) is 68.8. The van der Waals surface area contributed by atoms with Gasteiger partial charge >= 0.3 is 17.9 Å². The van der Waals surface area contributed by atoms with Crippen LogP contribution in [0.25, 0.3) is 0 Å². The number of rotatable bonds is 53. The first-order valence-electron chi connectivity index (χ1n) is 30.0. The van der Waals surface area contributed by atoms with Crippen molar-refractivity contribution in [1.29, 1.82) is 0 Å². The fraction of sp³-hybridized carbons (Fsp3) is 0.657. The highest BCUT2D eigenvalue weighted by Gasteiger charge is 2.19. The lowest BCUT2D eigenvalue weighted by atomic mass is 10.0. The fourth-order valence-electron chi connectivity index (χ4n) is 8.05. The molecule has 6 nitrogen and oxygen atoms in total. The standard InChI is InChI=1S/C67H110O6/c1-4-7-10-13-16-19-22-24-25-26-27-28-29-30-31-32-33-34-35-36-37-38-39-40-41-43-45-48-51-54-57-60-66(69)72-63-64(62-71-65(68)59-56-53-50-47-44-21-18-15-12-9-6-3)73-67(70)61-58-55-52-49-46-42-23-20-17-14-11-8-5-2/h7-8,10-11,16-17,19-20,24-25,27-28,30-31,33-34,42,46,52,55,64H,4-6,9,12-15,18,21-23,26,29,32,35-41,43-45,47-51,53-54,56-63H2,1-3H3/b10-7-,11-8-,19-16-,20-17-,25-24-,28-27-,31-30-,34-33-,46-42-,55-52-. The molecule has 414 valence electrons. The van der Waals surface area contributed by atoms with E-state index < -0.39 is 12.1 Å². The molecule has 0 N–H and O–H groups in total. The maximum atomic E-state index is 12.8. The molecule has 0 radical (unpaired) electrons. The first-order valence-corrected chi connectivity index (χ1v) is 30.0. The molecular formula is C67H110O6. The lowest BCUT2D eigenvalue weighted by Gasteiger charge is -2.18. The zero-order chi connectivity index (χ0) is 52.9. The lowest BCUT2D eigenvalue weighted by Crippen LogP contribution is -2.30. The van der Waals surface area contributed by atoms with Crippen molar-refractivity contribution in [3.05, 3.63) is 122 Å². The van der Waals surface area contributed by atoms with Gasteiger partial charge in [-0.2, -0.15) is 0 Å². The normalized spacial score (nSPS) is 13.0. The van der Waals surface area contributed by atoms with E-state index in [9.17, 15) is 14.4 Å². The van der Waals surface area contributed by atoms with Gasteiger partial charge in [0.25, 0.3) is 0 Å². The minimum absolute atomic E-state index is 0.106. The van der Waals surface area contributed by atoms with Gasteiger partial charge in [0.1, 0.15) is 13.2 Å². The molecule has 0 heterocycles. The predicted molar refractivity (Wildman–Crippen MR) is 316 cm³/mol. The highest BCUT2D eigenvalue weighted by atomic mass is 16.6. The van der Waals surface area contributed by atoms with E-state index in [4.69, 9.17) is 14.2 Å². The summed E-state index contributed by atoms with van der Waals surface area (Å²) in [7, 11) is 0.